The first kappa shape index (κ1) is 38.6. The summed E-state index contributed by atoms with van der Waals surface area (Å²) < 4.78 is 0. The average Bonchev–Trinajstić information content (AvgIpc) is 3.61. The van der Waals surface area contributed by atoms with Crippen molar-refractivity contribution in [3.63, 3.8) is 0 Å². The Bertz CT molecular complexity index is 1400. The quantitative estimate of drug-likeness (QED) is 0.0928. The first-order chi connectivity index (χ1) is 23.5. The molecule has 0 atom stereocenters. The summed E-state index contributed by atoms with van der Waals surface area (Å²) in [5.41, 5.74) is 10.4. The molecule has 0 amide bonds. The minimum atomic E-state index is 0.167. The molecule has 0 spiro atoms. The predicted octanol–water partition coefficient (Wildman–Crippen LogP) is 13.0. The molecule has 0 bridgehead atoms. The highest BCUT2D eigenvalue weighted by Crippen LogP contribution is 2.50. The van der Waals surface area contributed by atoms with Gasteiger partial charge in [-0.25, -0.2) is 0 Å². The first-order valence-electron chi connectivity index (χ1n) is 19.2. The van der Waals surface area contributed by atoms with Gasteiger partial charge in [-0.1, -0.05) is 142 Å². The van der Waals surface area contributed by atoms with Crippen LogP contribution in [0.4, 0.5) is 0 Å². The third-order valence-electron chi connectivity index (χ3n) is 10.3. The van der Waals surface area contributed by atoms with E-state index in [0.717, 1.165) is 83.1 Å². The Labute approximate surface area is 292 Å². The summed E-state index contributed by atoms with van der Waals surface area (Å²) in [4.78, 5) is 0. The fourth-order valence-corrected chi connectivity index (χ4v) is 7.77. The first-order valence-corrected chi connectivity index (χ1v) is 19.2. The van der Waals surface area contributed by atoms with E-state index in [0.29, 0.717) is 0 Å². The second-order valence-electron chi connectivity index (χ2n) is 14.0. The van der Waals surface area contributed by atoms with Crippen LogP contribution in [0.15, 0.2) is 22.3 Å². The van der Waals surface area contributed by atoms with Crippen molar-refractivity contribution < 1.29 is 0 Å². The Hall–Kier alpha value is -3.86. The van der Waals surface area contributed by atoms with E-state index < -0.39 is 0 Å². The van der Waals surface area contributed by atoms with Gasteiger partial charge in [-0.05, 0) is 84.1 Å². The van der Waals surface area contributed by atoms with E-state index in [4.69, 9.17) is 0 Å². The van der Waals surface area contributed by atoms with Crippen molar-refractivity contribution in [2.75, 3.05) is 0 Å². The summed E-state index contributed by atoms with van der Waals surface area (Å²) in [5.74, 6) is 0. The summed E-state index contributed by atoms with van der Waals surface area (Å²) in [6.07, 6.45) is 31.2. The van der Waals surface area contributed by atoms with Gasteiger partial charge in [-0.2, -0.15) is 21.0 Å². The fourth-order valence-electron chi connectivity index (χ4n) is 7.77. The standard InChI is InChI=1S/C44H58N4/c1-5-7-9-11-13-15-17-19-21-23-25-37-39-27-33(3)42(36(31-47)32-48)44(39)38(26-24-22-20-18-16-14-12-10-8-6-2)40-28-34(4)41(43(37)40)35(29-45)30-46/h27-28H,5-26H2,1-4H3. The maximum Gasteiger partial charge on any atom is 0.137 e. The molecular weight excluding hydrogens is 585 g/mol. The molecule has 0 N–H and O–H groups in total. The van der Waals surface area contributed by atoms with Crippen LogP contribution in [0.1, 0.15) is 189 Å². The molecule has 0 aliphatic heterocycles. The van der Waals surface area contributed by atoms with Crippen LogP contribution in [0.5, 0.6) is 0 Å². The van der Waals surface area contributed by atoms with Crippen LogP contribution in [0.3, 0.4) is 0 Å². The number of hydrogen-bond donors (Lipinski definition) is 0. The Kier molecular flexibility index (Phi) is 17.0. The largest absolute Gasteiger partial charge is 0.192 e. The number of fused-ring (bicyclic) bond motifs is 2. The number of benzene rings is 1. The zero-order valence-electron chi connectivity index (χ0n) is 30.5. The predicted molar refractivity (Wildman–Crippen MR) is 201 cm³/mol. The van der Waals surface area contributed by atoms with Crippen LogP contribution in [0.2, 0.25) is 0 Å². The molecule has 2 aliphatic carbocycles. The van der Waals surface area contributed by atoms with Gasteiger partial charge < -0.3 is 0 Å². The molecule has 0 unspecified atom stereocenters. The number of unbranched alkanes of at least 4 members (excludes halogenated alkanes) is 18. The van der Waals surface area contributed by atoms with Crippen LogP contribution < -0.4 is 0 Å². The smallest absolute Gasteiger partial charge is 0.137 e. The summed E-state index contributed by atoms with van der Waals surface area (Å²) >= 11 is 0. The van der Waals surface area contributed by atoms with E-state index in [1.807, 2.05) is 13.8 Å². The number of rotatable bonds is 22. The van der Waals surface area contributed by atoms with Gasteiger partial charge in [0.2, 0.25) is 0 Å². The number of nitriles is 4. The minimum absolute atomic E-state index is 0.167. The van der Waals surface area contributed by atoms with Gasteiger partial charge in [0.1, 0.15) is 35.4 Å². The lowest BCUT2D eigenvalue weighted by molar-refractivity contribution is 0.555. The minimum Gasteiger partial charge on any atom is -0.192 e. The Balaban J connectivity index is 1.93. The summed E-state index contributed by atoms with van der Waals surface area (Å²) in [6, 6.07) is 8.79. The molecule has 0 saturated heterocycles. The lowest BCUT2D eigenvalue weighted by Gasteiger charge is -2.22. The summed E-state index contributed by atoms with van der Waals surface area (Å²) in [5, 5.41) is 40.1. The van der Waals surface area contributed by atoms with Crippen LogP contribution in [-0.4, -0.2) is 0 Å². The number of hydrogen-bond acceptors (Lipinski definition) is 4. The summed E-state index contributed by atoms with van der Waals surface area (Å²) in [6.45, 7) is 8.54. The molecule has 0 fully saturated rings. The van der Waals surface area contributed by atoms with Gasteiger partial charge in [0.15, 0.2) is 0 Å². The van der Waals surface area contributed by atoms with Crippen molar-refractivity contribution in [3.8, 4) is 24.3 Å². The topological polar surface area (TPSA) is 95.2 Å². The van der Waals surface area contributed by atoms with E-state index in [9.17, 15) is 21.0 Å². The Morgan fingerprint density at radius 2 is 0.708 bits per heavy atom. The van der Waals surface area contributed by atoms with Gasteiger partial charge in [-0.3, -0.25) is 0 Å². The molecule has 254 valence electrons. The zero-order valence-corrected chi connectivity index (χ0v) is 30.5. The van der Waals surface area contributed by atoms with E-state index in [1.54, 1.807) is 0 Å². The highest BCUT2D eigenvalue weighted by molar-refractivity contribution is 6.07. The molecule has 0 aromatic heterocycles. The number of nitrogens with zero attached hydrogens (tertiary/aromatic N) is 4. The Morgan fingerprint density at radius 3 is 0.979 bits per heavy atom. The maximum atomic E-state index is 10.0. The molecular formula is C44H58N4. The highest BCUT2D eigenvalue weighted by atomic mass is 14.4. The van der Waals surface area contributed by atoms with E-state index >= 15 is 0 Å². The molecule has 2 aliphatic rings. The van der Waals surface area contributed by atoms with Crippen molar-refractivity contribution in [3.05, 3.63) is 55.7 Å². The van der Waals surface area contributed by atoms with Gasteiger partial charge in [0.25, 0.3) is 0 Å². The molecule has 1 aromatic rings. The summed E-state index contributed by atoms with van der Waals surface area (Å²) in [7, 11) is 0. The van der Waals surface area contributed by atoms with Gasteiger partial charge in [0.05, 0.1) is 0 Å². The molecule has 4 heteroatoms. The van der Waals surface area contributed by atoms with E-state index in [2.05, 4.69) is 50.3 Å². The zero-order chi connectivity index (χ0) is 34.7. The van der Waals surface area contributed by atoms with Crippen LogP contribution in [0.25, 0.3) is 23.3 Å². The van der Waals surface area contributed by atoms with Gasteiger partial charge >= 0.3 is 0 Å². The van der Waals surface area contributed by atoms with E-state index in [-0.39, 0.29) is 11.1 Å². The average molecular weight is 643 g/mol. The third-order valence-corrected chi connectivity index (χ3v) is 10.3. The van der Waals surface area contributed by atoms with Gasteiger partial charge in [-0.15, -0.1) is 0 Å². The van der Waals surface area contributed by atoms with Crippen molar-refractivity contribution >= 4 is 23.3 Å². The molecule has 0 saturated carbocycles. The fraction of sp³-hybridized carbons (Fsp3) is 0.591. The lowest BCUT2D eigenvalue weighted by Crippen LogP contribution is -2.07. The second-order valence-corrected chi connectivity index (χ2v) is 14.0. The highest BCUT2D eigenvalue weighted by Gasteiger charge is 2.34. The van der Waals surface area contributed by atoms with Crippen molar-refractivity contribution in [1.82, 2.24) is 0 Å². The SMILES string of the molecule is CCCCCCCCCCCCc1c2c(c(CCCCCCCCCCCC)c3c1C(=C(C#N)C#N)C(C)=C3)C(=C(C#N)C#N)C(C)=C2. The molecule has 0 heterocycles. The molecule has 1 aromatic carbocycles. The third kappa shape index (κ3) is 10.1. The monoisotopic (exact) mass is 642 g/mol. The number of allylic oxidation sites excluding steroid dienone is 6. The van der Waals surface area contributed by atoms with Crippen molar-refractivity contribution in [1.29, 1.82) is 21.0 Å². The van der Waals surface area contributed by atoms with Crippen LogP contribution in [-0.2, 0) is 12.8 Å². The Morgan fingerprint density at radius 1 is 0.438 bits per heavy atom. The molecule has 48 heavy (non-hydrogen) atoms. The molecule has 4 nitrogen and oxygen atoms in total. The second kappa shape index (κ2) is 21.2. The van der Waals surface area contributed by atoms with Crippen molar-refractivity contribution in [2.45, 2.75) is 169 Å². The van der Waals surface area contributed by atoms with Crippen molar-refractivity contribution in [2.24, 2.45) is 0 Å². The maximum absolute atomic E-state index is 10.0. The molecule has 3 rings (SSSR count). The van der Waals surface area contributed by atoms with E-state index in [1.165, 1.54) is 114 Å². The lowest BCUT2D eigenvalue weighted by atomic mass is 9.81. The van der Waals surface area contributed by atoms with Gasteiger partial charge in [0, 0.05) is 11.1 Å². The van der Waals surface area contributed by atoms with Crippen LogP contribution >= 0.6 is 0 Å². The van der Waals surface area contributed by atoms with Crippen LogP contribution in [0, 0.1) is 45.3 Å². The molecule has 0 radical (unpaired) electrons. The normalized spacial score (nSPS) is 12.8.